The van der Waals surface area contributed by atoms with Crippen molar-refractivity contribution in [2.45, 2.75) is 59.5 Å². The van der Waals surface area contributed by atoms with Crippen molar-refractivity contribution in [3.63, 3.8) is 0 Å². The van der Waals surface area contributed by atoms with Crippen LogP contribution in [-0.4, -0.2) is 90.6 Å². The molecular formula is C30H44N6O3. The highest BCUT2D eigenvalue weighted by molar-refractivity contribution is 5.96. The van der Waals surface area contributed by atoms with Gasteiger partial charge >= 0.3 is 0 Å². The fourth-order valence-corrected chi connectivity index (χ4v) is 5.45. The lowest BCUT2D eigenvalue weighted by atomic mass is 10.00. The molecule has 1 saturated heterocycles. The first-order valence-corrected chi connectivity index (χ1v) is 14.3. The molecule has 2 aliphatic heterocycles. The van der Waals surface area contributed by atoms with Gasteiger partial charge in [-0.2, -0.15) is 0 Å². The number of piperidine rings is 1. The Morgan fingerprint density at radius 3 is 2.49 bits per heavy atom. The predicted octanol–water partition coefficient (Wildman–Crippen LogP) is 3.76. The Hall–Kier alpha value is -3.04. The summed E-state index contributed by atoms with van der Waals surface area (Å²) in [5, 5.41) is 0. The fourth-order valence-electron chi connectivity index (χ4n) is 5.45. The molecule has 0 spiro atoms. The van der Waals surface area contributed by atoms with Gasteiger partial charge in [0.1, 0.15) is 6.61 Å². The largest absolute Gasteiger partial charge is 0.375 e. The average molecular weight is 537 g/mol. The molecule has 0 unspecified atom stereocenters. The van der Waals surface area contributed by atoms with Gasteiger partial charge in [-0.05, 0) is 57.6 Å². The van der Waals surface area contributed by atoms with Crippen LogP contribution in [0.4, 0.5) is 11.6 Å². The minimum atomic E-state index is -0.0844. The van der Waals surface area contributed by atoms with Gasteiger partial charge in [0.2, 0.25) is 5.95 Å². The topological polar surface area (TPSA) is 82.1 Å². The Labute approximate surface area is 233 Å². The van der Waals surface area contributed by atoms with E-state index < -0.39 is 0 Å². The zero-order valence-electron chi connectivity index (χ0n) is 24.2. The molecule has 9 heteroatoms. The van der Waals surface area contributed by atoms with Gasteiger partial charge in [0, 0.05) is 70.8 Å². The number of aromatic nitrogens is 2. The van der Waals surface area contributed by atoms with E-state index in [0.29, 0.717) is 42.9 Å². The zero-order chi connectivity index (χ0) is 27.9. The van der Waals surface area contributed by atoms with Crippen LogP contribution in [-0.2, 0) is 16.1 Å². The van der Waals surface area contributed by atoms with Crippen LogP contribution in [0.1, 0.15) is 61.6 Å². The van der Waals surface area contributed by atoms with Crippen LogP contribution in [0, 0.1) is 12.8 Å². The van der Waals surface area contributed by atoms with Crippen molar-refractivity contribution < 1.29 is 14.3 Å². The van der Waals surface area contributed by atoms with Crippen molar-refractivity contribution in [3.8, 4) is 0 Å². The molecular weight excluding hydrogens is 492 g/mol. The van der Waals surface area contributed by atoms with Crippen LogP contribution in [0.15, 0.2) is 30.5 Å². The SMILES string of the molecule is COCC(=O)N1CCCN(C(C)C)CCN(C(=O)c2cnc(N3CCC(C)CC3)nc2C)Cc2ccccc21. The second-order valence-corrected chi connectivity index (χ2v) is 11.2. The van der Waals surface area contributed by atoms with E-state index in [4.69, 9.17) is 9.72 Å². The molecule has 0 bridgehead atoms. The standard InChI is InChI=1S/C30H44N6O3/c1-22(2)33-13-8-14-36(28(37)21-39-5)27-10-7-6-9-25(27)20-35(18-17-33)29(38)26-19-31-30(32-24(26)4)34-15-11-23(3)12-16-34/h6-7,9-10,19,22-23H,8,11-18,20-21H2,1-5H3. The van der Waals surface area contributed by atoms with E-state index in [2.05, 4.69) is 35.6 Å². The molecule has 39 heavy (non-hydrogen) atoms. The number of rotatable bonds is 5. The minimum Gasteiger partial charge on any atom is -0.375 e. The van der Waals surface area contributed by atoms with Crippen LogP contribution < -0.4 is 9.80 Å². The molecule has 1 aromatic carbocycles. The molecule has 0 radical (unpaired) electrons. The molecule has 2 aliphatic rings. The van der Waals surface area contributed by atoms with Crippen molar-refractivity contribution in [1.82, 2.24) is 19.8 Å². The number of carbonyl (C=O) groups excluding carboxylic acids is 2. The van der Waals surface area contributed by atoms with Crippen LogP contribution in [0.5, 0.6) is 0 Å². The van der Waals surface area contributed by atoms with E-state index in [9.17, 15) is 9.59 Å². The number of aryl methyl sites for hydroxylation is 1. The van der Waals surface area contributed by atoms with Crippen LogP contribution in [0.2, 0.25) is 0 Å². The first-order chi connectivity index (χ1) is 18.8. The molecule has 1 fully saturated rings. The molecule has 2 aromatic rings. The van der Waals surface area contributed by atoms with Crippen molar-refractivity contribution in [1.29, 1.82) is 0 Å². The Balaban J connectivity index is 1.64. The molecule has 0 saturated carbocycles. The van der Waals surface area contributed by atoms with Crippen LogP contribution in [0.3, 0.4) is 0 Å². The van der Waals surface area contributed by atoms with Gasteiger partial charge in [-0.1, -0.05) is 25.1 Å². The second-order valence-electron chi connectivity index (χ2n) is 11.2. The lowest BCUT2D eigenvalue weighted by Crippen LogP contribution is -2.41. The number of anilines is 2. The maximum atomic E-state index is 14.0. The lowest BCUT2D eigenvalue weighted by Gasteiger charge is -2.31. The highest BCUT2D eigenvalue weighted by Crippen LogP contribution is 2.26. The zero-order valence-corrected chi connectivity index (χ0v) is 24.2. The van der Waals surface area contributed by atoms with Gasteiger partial charge < -0.3 is 19.4 Å². The number of para-hydroxylation sites is 1. The molecule has 212 valence electrons. The Bertz CT molecular complexity index is 1130. The van der Waals surface area contributed by atoms with E-state index in [0.717, 1.165) is 62.6 Å². The predicted molar refractivity (Wildman–Crippen MR) is 154 cm³/mol. The van der Waals surface area contributed by atoms with Gasteiger partial charge in [-0.15, -0.1) is 0 Å². The van der Waals surface area contributed by atoms with Crippen molar-refractivity contribution in [2.24, 2.45) is 5.92 Å². The summed E-state index contributed by atoms with van der Waals surface area (Å²) in [4.78, 5) is 44.8. The van der Waals surface area contributed by atoms with Gasteiger partial charge in [0.05, 0.1) is 11.3 Å². The molecule has 2 amide bonds. The third-order valence-corrected chi connectivity index (χ3v) is 7.98. The van der Waals surface area contributed by atoms with Crippen molar-refractivity contribution in [3.05, 3.63) is 47.3 Å². The molecule has 9 nitrogen and oxygen atoms in total. The fraction of sp³-hybridized carbons (Fsp3) is 0.600. The van der Waals surface area contributed by atoms with E-state index in [-0.39, 0.29) is 18.4 Å². The number of hydrogen-bond acceptors (Lipinski definition) is 7. The number of methoxy groups -OCH3 is 1. The van der Waals surface area contributed by atoms with Gasteiger partial charge in [-0.3, -0.25) is 14.5 Å². The number of carbonyl (C=O) groups is 2. The average Bonchev–Trinajstić information content (AvgIpc) is 2.95. The van der Waals surface area contributed by atoms with Crippen LogP contribution in [0.25, 0.3) is 0 Å². The van der Waals surface area contributed by atoms with Crippen molar-refractivity contribution >= 4 is 23.5 Å². The highest BCUT2D eigenvalue weighted by atomic mass is 16.5. The monoisotopic (exact) mass is 536 g/mol. The van der Waals surface area contributed by atoms with E-state index >= 15 is 0 Å². The summed E-state index contributed by atoms with van der Waals surface area (Å²) in [6, 6.07) is 8.20. The number of benzene rings is 1. The molecule has 0 aliphatic carbocycles. The maximum absolute atomic E-state index is 14.0. The van der Waals surface area contributed by atoms with Crippen molar-refractivity contribution in [2.75, 3.05) is 62.8 Å². The summed E-state index contributed by atoms with van der Waals surface area (Å²) in [6.07, 6.45) is 4.79. The summed E-state index contributed by atoms with van der Waals surface area (Å²) in [6.45, 7) is 13.6. The first-order valence-electron chi connectivity index (χ1n) is 14.3. The van der Waals surface area contributed by atoms with E-state index in [1.165, 1.54) is 0 Å². The third-order valence-electron chi connectivity index (χ3n) is 7.98. The van der Waals surface area contributed by atoms with E-state index in [1.54, 1.807) is 13.3 Å². The number of fused-ring (bicyclic) bond motifs is 1. The molecule has 3 heterocycles. The normalized spacial score (nSPS) is 18.2. The smallest absolute Gasteiger partial charge is 0.257 e. The Morgan fingerprint density at radius 1 is 1.05 bits per heavy atom. The molecule has 0 N–H and O–H groups in total. The van der Waals surface area contributed by atoms with Gasteiger partial charge in [-0.25, -0.2) is 9.97 Å². The van der Waals surface area contributed by atoms with Crippen LogP contribution >= 0.6 is 0 Å². The highest BCUT2D eigenvalue weighted by Gasteiger charge is 2.26. The summed E-state index contributed by atoms with van der Waals surface area (Å²) in [7, 11) is 1.54. The van der Waals surface area contributed by atoms with Gasteiger partial charge in [0.25, 0.3) is 11.8 Å². The number of amides is 2. The third kappa shape index (κ3) is 7.13. The maximum Gasteiger partial charge on any atom is 0.257 e. The molecule has 4 rings (SSSR count). The summed E-state index contributed by atoms with van der Waals surface area (Å²) in [5.74, 6) is 1.27. The summed E-state index contributed by atoms with van der Waals surface area (Å²) in [5.41, 5.74) is 2.99. The first kappa shape index (κ1) is 29.0. The molecule has 0 atom stereocenters. The quantitative estimate of drug-likeness (QED) is 0.576. The molecule has 1 aromatic heterocycles. The second kappa shape index (κ2) is 13.3. The number of nitrogens with zero attached hydrogens (tertiary/aromatic N) is 6. The summed E-state index contributed by atoms with van der Waals surface area (Å²) >= 11 is 0. The Morgan fingerprint density at radius 2 is 1.79 bits per heavy atom. The Kier molecular flexibility index (Phi) is 9.91. The minimum absolute atomic E-state index is 0.0175. The number of hydrogen-bond donors (Lipinski definition) is 0. The lowest BCUT2D eigenvalue weighted by molar-refractivity contribution is -0.122. The van der Waals surface area contributed by atoms with E-state index in [1.807, 2.05) is 41.0 Å². The summed E-state index contributed by atoms with van der Waals surface area (Å²) < 4.78 is 5.19. The number of ether oxygens (including phenoxy) is 1. The van der Waals surface area contributed by atoms with Gasteiger partial charge in [0.15, 0.2) is 0 Å².